The van der Waals surface area contributed by atoms with E-state index in [-0.39, 0.29) is 35.5 Å². The summed E-state index contributed by atoms with van der Waals surface area (Å²) in [5, 5.41) is 1.10. The van der Waals surface area contributed by atoms with Crippen LogP contribution in [-0.4, -0.2) is 47.9 Å². The lowest BCUT2D eigenvalue weighted by Crippen LogP contribution is -2.51. The largest absolute Gasteiger partial charge is 0.464 e. The second kappa shape index (κ2) is 12.7. The van der Waals surface area contributed by atoms with Gasteiger partial charge in [0.25, 0.3) is 0 Å². The van der Waals surface area contributed by atoms with E-state index in [1.807, 2.05) is 24.4 Å². The fourth-order valence-corrected chi connectivity index (χ4v) is 11.5. The predicted molar refractivity (Wildman–Crippen MR) is 183 cm³/mol. The molecule has 3 N–H and O–H groups in total. The second-order valence-corrected chi connectivity index (χ2v) is 16.6. The molecule has 12 atom stereocenters. The first kappa shape index (κ1) is 32.9. The summed E-state index contributed by atoms with van der Waals surface area (Å²) < 4.78 is 18.3. The fraction of sp³-hybridized carbons (Fsp3) is 0.700. The van der Waals surface area contributed by atoms with Crippen molar-refractivity contribution in [2.24, 2.45) is 52.1 Å². The predicted octanol–water partition coefficient (Wildman–Crippen LogP) is 7.52. The molecule has 0 unspecified atom stereocenters. The Morgan fingerprint density at radius 2 is 1.96 bits per heavy atom. The Hall–Kier alpha value is -2.64. The zero-order valence-corrected chi connectivity index (χ0v) is 29.1. The Bertz CT molecular complexity index is 1510. The third kappa shape index (κ3) is 5.88. The van der Waals surface area contributed by atoms with Gasteiger partial charge in [-0.05, 0) is 109 Å². The number of aromatic amines is 1. The van der Waals surface area contributed by atoms with Gasteiger partial charge in [0, 0.05) is 36.9 Å². The van der Waals surface area contributed by atoms with Gasteiger partial charge >= 0.3 is 11.9 Å². The Labute approximate surface area is 280 Å². The topological polar surface area (TPSA) is 104 Å². The monoisotopic (exact) mass is 644 g/mol. The van der Waals surface area contributed by atoms with Crippen LogP contribution in [0.2, 0.25) is 0 Å². The van der Waals surface area contributed by atoms with Crippen molar-refractivity contribution < 1.29 is 23.8 Å². The summed E-state index contributed by atoms with van der Waals surface area (Å²) >= 11 is 0. The minimum atomic E-state index is -0.674. The molecule has 4 aliphatic carbocycles. The van der Waals surface area contributed by atoms with Gasteiger partial charge in [0.15, 0.2) is 0 Å². The van der Waals surface area contributed by atoms with Crippen molar-refractivity contribution in [2.75, 3.05) is 6.61 Å². The number of allylic oxidation sites excluding steroid dienone is 1. The van der Waals surface area contributed by atoms with Crippen molar-refractivity contribution in [2.45, 2.75) is 123 Å². The molecule has 5 aliphatic rings. The molecular weight excluding hydrogens is 588 g/mol. The third-order valence-corrected chi connectivity index (χ3v) is 13.9. The Kier molecular flexibility index (Phi) is 8.87. The summed E-state index contributed by atoms with van der Waals surface area (Å²) in [5.74, 6) is 3.10. The molecule has 1 aromatic heterocycles. The summed E-state index contributed by atoms with van der Waals surface area (Å²) in [6.45, 7) is 11.7. The lowest BCUT2D eigenvalue weighted by atomic mass is 9.47. The van der Waals surface area contributed by atoms with E-state index in [4.69, 9.17) is 19.9 Å². The summed E-state index contributed by atoms with van der Waals surface area (Å²) in [6, 6.07) is 7.40. The van der Waals surface area contributed by atoms with Crippen molar-refractivity contribution in [1.29, 1.82) is 0 Å². The quantitative estimate of drug-likeness (QED) is 0.216. The van der Waals surface area contributed by atoms with Crippen LogP contribution >= 0.6 is 0 Å². The minimum Gasteiger partial charge on any atom is -0.464 e. The van der Waals surface area contributed by atoms with Crippen LogP contribution in [0.5, 0.6) is 0 Å². The molecule has 1 aliphatic heterocycles. The maximum atomic E-state index is 12.8. The van der Waals surface area contributed by atoms with Crippen LogP contribution < -0.4 is 5.73 Å². The van der Waals surface area contributed by atoms with Crippen molar-refractivity contribution >= 4 is 22.8 Å². The number of para-hydroxylation sites is 1. The van der Waals surface area contributed by atoms with E-state index >= 15 is 0 Å². The van der Waals surface area contributed by atoms with E-state index in [0.717, 1.165) is 60.4 Å². The zero-order valence-electron chi connectivity index (χ0n) is 29.1. The van der Waals surface area contributed by atoms with E-state index in [1.54, 1.807) is 5.57 Å². The van der Waals surface area contributed by atoms with Gasteiger partial charge in [-0.2, -0.15) is 0 Å². The highest BCUT2D eigenvalue weighted by Gasteiger charge is 2.65. The molecule has 1 aromatic carbocycles. The number of carbonyl (C=O) groups is 2. The number of benzene rings is 1. The van der Waals surface area contributed by atoms with Crippen LogP contribution in [0.1, 0.15) is 98.0 Å². The summed E-state index contributed by atoms with van der Waals surface area (Å²) in [7, 11) is 0. The molecule has 0 bridgehead atoms. The average molecular weight is 645 g/mol. The van der Waals surface area contributed by atoms with Crippen LogP contribution in [0.3, 0.4) is 0 Å². The molecule has 256 valence electrons. The molecule has 0 amide bonds. The van der Waals surface area contributed by atoms with Gasteiger partial charge in [0.05, 0.1) is 18.8 Å². The van der Waals surface area contributed by atoms with Crippen molar-refractivity contribution in [3.05, 3.63) is 47.7 Å². The lowest BCUT2D eigenvalue weighted by Gasteiger charge is -2.58. The number of rotatable bonds is 9. The first-order chi connectivity index (χ1) is 22.5. The van der Waals surface area contributed by atoms with Gasteiger partial charge in [-0.1, -0.05) is 57.5 Å². The van der Waals surface area contributed by atoms with Crippen LogP contribution in [0.25, 0.3) is 10.9 Å². The number of esters is 2. The number of H-pyrrole nitrogens is 1. The summed E-state index contributed by atoms with van der Waals surface area (Å²) in [4.78, 5) is 27.7. The van der Waals surface area contributed by atoms with Crippen molar-refractivity contribution in [1.82, 2.24) is 4.98 Å². The minimum absolute atomic E-state index is 0.0533. The van der Waals surface area contributed by atoms with Gasteiger partial charge in [-0.3, -0.25) is 9.59 Å². The first-order valence-corrected chi connectivity index (χ1v) is 18.5. The molecule has 2 aromatic rings. The van der Waals surface area contributed by atoms with Crippen LogP contribution in [-0.2, 0) is 30.2 Å². The maximum Gasteiger partial charge on any atom is 0.323 e. The highest BCUT2D eigenvalue weighted by molar-refractivity contribution is 5.84. The van der Waals surface area contributed by atoms with Gasteiger partial charge in [0.2, 0.25) is 0 Å². The number of carbonyl (C=O) groups excluding carboxylic acids is 2. The molecule has 4 fully saturated rings. The van der Waals surface area contributed by atoms with E-state index < -0.39 is 6.04 Å². The number of fused-ring (bicyclic) bond motifs is 8. The number of hydrogen-bond donors (Lipinski definition) is 2. The number of aromatic nitrogens is 1. The highest BCUT2D eigenvalue weighted by Crippen LogP contribution is 2.69. The van der Waals surface area contributed by atoms with Crippen LogP contribution in [0.15, 0.2) is 42.1 Å². The van der Waals surface area contributed by atoms with E-state index in [1.165, 1.54) is 32.6 Å². The molecule has 7 nitrogen and oxygen atoms in total. The van der Waals surface area contributed by atoms with Gasteiger partial charge in [-0.25, -0.2) is 0 Å². The SMILES string of the molecule is CC(=O)O[C@H]1CC[C@@]2(C)C(=CC[C@H]3[C@@H]4C[C@@H]5O[C@H](CC[C@@H](C)COC(=O)[C@@H](N)Cc6c[nH]c7ccccc67)[C@@H](C)[C@@H]5[C@@]4(C)CC[C@@H]32)C1. The standard InChI is InChI=1S/C40H56N2O5/c1-23(22-45-38(44)33(41)18-26-21-42-34-9-7-6-8-29(26)34)10-13-35-24(2)37-36(47-35)20-32-30-12-11-27-19-28(46-25(3)43)14-16-39(27,4)31(30)15-17-40(32,37)5/h6-9,11,21,23-24,28,30-33,35-37,42H,10,12-20,22,41H2,1-5H3/t23-,24-,28+,30-,31+,32+,33+,35-,36+,37+,39+,40+/m1/s1. The highest BCUT2D eigenvalue weighted by atomic mass is 16.5. The molecule has 47 heavy (non-hydrogen) atoms. The molecule has 3 saturated carbocycles. The maximum absolute atomic E-state index is 12.8. The smallest absolute Gasteiger partial charge is 0.323 e. The van der Waals surface area contributed by atoms with E-state index in [0.29, 0.717) is 42.3 Å². The molecule has 0 spiro atoms. The molecule has 0 radical (unpaired) electrons. The van der Waals surface area contributed by atoms with Crippen molar-refractivity contribution in [3.8, 4) is 0 Å². The fourth-order valence-electron chi connectivity index (χ4n) is 11.5. The third-order valence-electron chi connectivity index (χ3n) is 13.9. The molecular formula is C40H56N2O5. The lowest BCUT2D eigenvalue weighted by molar-refractivity contribution is -0.149. The normalized spacial score (nSPS) is 38.8. The summed E-state index contributed by atoms with van der Waals surface area (Å²) in [6.07, 6.45) is 15.6. The van der Waals surface area contributed by atoms with Crippen molar-refractivity contribution in [3.63, 3.8) is 0 Å². The number of nitrogens with one attached hydrogen (secondary N) is 1. The van der Waals surface area contributed by atoms with E-state index in [2.05, 4.69) is 44.8 Å². The Morgan fingerprint density at radius 3 is 2.77 bits per heavy atom. The number of nitrogens with two attached hydrogens (primary N) is 1. The second-order valence-electron chi connectivity index (χ2n) is 16.6. The molecule has 2 heterocycles. The molecule has 7 heteroatoms. The first-order valence-electron chi connectivity index (χ1n) is 18.5. The van der Waals surface area contributed by atoms with E-state index in [9.17, 15) is 9.59 Å². The summed E-state index contributed by atoms with van der Waals surface area (Å²) in [5.41, 5.74) is 10.5. The molecule has 7 rings (SSSR count). The van der Waals surface area contributed by atoms with Gasteiger partial charge in [-0.15, -0.1) is 0 Å². The van der Waals surface area contributed by atoms with Gasteiger partial charge in [0.1, 0.15) is 12.1 Å². The Morgan fingerprint density at radius 1 is 1.15 bits per heavy atom. The van der Waals surface area contributed by atoms with Crippen LogP contribution in [0, 0.1) is 46.3 Å². The average Bonchev–Trinajstić information content (AvgIpc) is 3.69. The van der Waals surface area contributed by atoms with Crippen LogP contribution in [0.4, 0.5) is 0 Å². The zero-order chi connectivity index (χ0) is 33.1. The number of hydrogen-bond acceptors (Lipinski definition) is 6. The Balaban J connectivity index is 0.908. The van der Waals surface area contributed by atoms with Gasteiger partial charge < -0.3 is 24.9 Å². The number of ether oxygens (including phenoxy) is 3. The molecule has 1 saturated heterocycles.